The molecule has 0 aromatic heterocycles. The second-order valence-electron chi connectivity index (χ2n) is 6.66. The Labute approximate surface area is 127 Å². The third-order valence-corrected chi connectivity index (χ3v) is 3.64. The maximum Gasteiger partial charge on any atom is 0.131 e. The molecule has 0 amide bonds. The first-order valence-corrected chi connectivity index (χ1v) is 7.40. The van der Waals surface area contributed by atoms with E-state index in [1.54, 1.807) is 0 Å². The van der Waals surface area contributed by atoms with Gasteiger partial charge in [0.1, 0.15) is 11.5 Å². The van der Waals surface area contributed by atoms with Gasteiger partial charge in [0.15, 0.2) is 0 Å². The molecule has 2 aromatic carbocycles. The molecule has 0 saturated heterocycles. The molecule has 0 bridgehead atoms. The molecule has 0 fully saturated rings. The van der Waals surface area contributed by atoms with Crippen LogP contribution in [0.25, 0.3) is 0 Å². The zero-order chi connectivity index (χ0) is 15.6. The standard InChI is InChI=1S/C19H25NO/c1-13-6-8-16(19(3,4)5)18(10-13)21-17-9-7-15(12-20)11-14(17)2/h6-11H,12,20H2,1-5H3. The van der Waals surface area contributed by atoms with Crippen LogP contribution in [0.4, 0.5) is 0 Å². The van der Waals surface area contributed by atoms with E-state index in [4.69, 9.17) is 10.5 Å². The topological polar surface area (TPSA) is 35.2 Å². The van der Waals surface area contributed by atoms with E-state index in [-0.39, 0.29) is 5.41 Å². The van der Waals surface area contributed by atoms with Crippen LogP contribution in [0.3, 0.4) is 0 Å². The summed E-state index contributed by atoms with van der Waals surface area (Å²) in [5.74, 6) is 1.83. The summed E-state index contributed by atoms with van der Waals surface area (Å²) in [6, 6.07) is 12.5. The minimum Gasteiger partial charge on any atom is -0.457 e. The van der Waals surface area contributed by atoms with Gasteiger partial charge in [-0.05, 0) is 48.1 Å². The molecule has 0 spiro atoms. The van der Waals surface area contributed by atoms with E-state index in [1.165, 1.54) is 11.1 Å². The van der Waals surface area contributed by atoms with Crippen molar-refractivity contribution in [2.45, 2.75) is 46.6 Å². The molecule has 0 aliphatic heterocycles. The van der Waals surface area contributed by atoms with Crippen LogP contribution in [0.5, 0.6) is 11.5 Å². The first-order chi connectivity index (χ1) is 9.81. The van der Waals surface area contributed by atoms with Gasteiger partial charge in [0.05, 0.1) is 0 Å². The van der Waals surface area contributed by atoms with Gasteiger partial charge in [0, 0.05) is 12.1 Å². The zero-order valence-electron chi connectivity index (χ0n) is 13.7. The van der Waals surface area contributed by atoms with Gasteiger partial charge in [0.25, 0.3) is 0 Å². The minimum atomic E-state index is 0.0497. The SMILES string of the molecule is Cc1ccc(C(C)(C)C)c(Oc2ccc(CN)cc2C)c1. The highest BCUT2D eigenvalue weighted by molar-refractivity contribution is 5.46. The minimum absolute atomic E-state index is 0.0497. The monoisotopic (exact) mass is 283 g/mol. The Hall–Kier alpha value is -1.80. The van der Waals surface area contributed by atoms with E-state index in [0.717, 1.165) is 22.6 Å². The predicted molar refractivity (Wildman–Crippen MR) is 89.0 cm³/mol. The summed E-state index contributed by atoms with van der Waals surface area (Å²) < 4.78 is 6.21. The predicted octanol–water partition coefficient (Wildman–Crippen LogP) is 4.85. The van der Waals surface area contributed by atoms with Crippen molar-refractivity contribution in [1.29, 1.82) is 0 Å². The summed E-state index contributed by atoms with van der Waals surface area (Å²) in [6.07, 6.45) is 0. The van der Waals surface area contributed by atoms with E-state index in [1.807, 2.05) is 12.1 Å². The van der Waals surface area contributed by atoms with Crippen LogP contribution in [0.1, 0.15) is 43.0 Å². The van der Waals surface area contributed by atoms with Gasteiger partial charge < -0.3 is 10.5 Å². The quantitative estimate of drug-likeness (QED) is 0.873. The molecule has 2 rings (SSSR count). The van der Waals surface area contributed by atoms with Crippen LogP contribution >= 0.6 is 0 Å². The third kappa shape index (κ3) is 3.64. The van der Waals surface area contributed by atoms with Gasteiger partial charge in [-0.25, -0.2) is 0 Å². The number of aryl methyl sites for hydroxylation is 2. The summed E-state index contributed by atoms with van der Waals surface area (Å²) in [5.41, 5.74) is 10.4. The summed E-state index contributed by atoms with van der Waals surface area (Å²) >= 11 is 0. The van der Waals surface area contributed by atoms with Crippen LogP contribution in [-0.4, -0.2) is 0 Å². The van der Waals surface area contributed by atoms with Crippen LogP contribution in [-0.2, 0) is 12.0 Å². The number of rotatable bonds is 3. The molecular weight excluding hydrogens is 258 g/mol. The lowest BCUT2D eigenvalue weighted by Gasteiger charge is -2.23. The van der Waals surface area contributed by atoms with Gasteiger partial charge in [-0.3, -0.25) is 0 Å². The Morgan fingerprint density at radius 3 is 2.24 bits per heavy atom. The van der Waals surface area contributed by atoms with E-state index in [9.17, 15) is 0 Å². The molecule has 21 heavy (non-hydrogen) atoms. The molecule has 0 saturated carbocycles. The molecule has 2 aromatic rings. The molecule has 0 heterocycles. The van der Waals surface area contributed by atoms with Crippen LogP contribution in [0.15, 0.2) is 36.4 Å². The Morgan fingerprint density at radius 1 is 0.952 bits per heavy atom. The molecular formula is C19H25NO. The second kappa shape index (κ2) is 5.90. The highest BCUT2D eigenvalue weighted by atomic mass is 16.5. The highest BCUT2D eigenvalue weighted by Gasteiger charge is 2.19. The van der Waals surface area contributed by atoms with E-state index in [2.05, 4.69) is 58.9 Å². The van der Waals surface area contributed by atoms with Crippen molar-refractivity contribution in [3.05, 3.63) is 58.7 Å². The van der Waals surface area contributed by atoms with Gasteiger partial charge in [-0.2, -0.15) is 0 Å². The Balaban J connectivity index is 2.41. The smallest absolute Gasteiger partial charge is 0.131 e. The Bertz CT molecular complexity index is 638. The summed E-state index contributed by atoms with van der Waals surface area (Å²) in [4.78, 5) is 0. The number of benzene rings is 2. The molecule has 0 aliphatic carbocycles. The summed E-state index contributed by atoms with van der Waals surface area (Å²) in [7, 11) is 0. The van der Waals surface area contributed by atoms with Crippen molar-refractivity contribution in [2.75, 3.05) is 0 Å². The number of ether oxygens (including phenoxy) is 1. The number of hydrogen-bond acceptors (Lipinski definition) is 2. The normalized spacial score (nSPS) is 11.5. The first-order valence-electron chi connectivity index (χ1n) is 7.40. The average molecular weight is 283 g/mol. The fourth-order valence-corrected chi connectivity index (χ4v) is 2.41. The lowest BCUT2D eigenvalue weighted by Crippen LogP contribution is -2.12. The molecule has 0 radical (unpaired) electrons. The van der Waals surface area contributed by atoms with Gasteiger partial charge in [-0.1, -0.05) is 45.0 Å². The van der Waals surface area contributed by atoms with Crippen molar-refractivity contribution >= 4 is 0 Å². The number of hydrogen-bond donors (Lipinski definition) is 1. The summed E-state index contributed by atoms with van der Waals surface area (Å²) in [5, 5.41) is 0. The van der Waals surface area contributed by atoms with E-state index >= 15 is 0 Å². The number of nitrogens with two attached hydrogens (primary N) is 1. The molecule has 112 valence electrons. The molecule has 0 unspecified atom stereocenters. The van der Waals surface area contributed by atoms with Crippen LogP contribution in [0, 0.1) is 13.8 Å². The Kier molecular flexibility index (Phi) is 4.38. The largest absolute Gasteiger partial charge is 0.457 e. The van der Waals surface area contributed by atoms with Crippen molar-refractivity contribution < 1.29 is 4.74 Å². The van der Waals surface area contributed by atoms with E-state index in [0.29, 0.717) is 6.54 Å². The molecule has 2 nitrogen and oxygen atoms in total. The van der Waals surface area contributed by atoms with Crippen molar-refractivity contribution in [1.82, 2.24) is 0 Å². The van der Waals surface area contributed by atoms with Gasteiger partial charge in [0.2, 0.25) is 0 Å². The molecule has 0 atom stereocenters. The highest BCUT2D eigenvalue weighted by Crippen LogP contribution is 2.35. The maximum absolute atomic E-state index is 6.21. The molecule has 2 N–H and O–H groups in total. The van der Waals surface area contributed by atoms with Gasteiger partial charge in [-0.15, -0.1) is 0 Å². The Morgan fingerprint density at radius 2 is 1.67 bits per heavy atom. The van der Waals surface area contributed by atoms with Crippen molar-refractivity contribution in [3.8, 4) is 11.5 Å². The van der Waals surface area contributed by atoms with Crippen molar-refractivity contribution in [2.24, 2.45) is 5.73 Å². The van der Waals surface area contributed by atoms with Crippen molar-refractivity contribution in [3.63, 3.8) is 0 Å². The maximum atomic E-state index is 6.21. The van der Waals surface area contributed by atoms with Crippen LogP contribution in [0.2, 0.25) is 0 Å². The molecule has 0 aliphatic rings. The lowest BCUT2D eigenvalue weighted by molar-refractivity contribution is 0.452. The third-order valence-electron chi connectivity index (χ3n) is 3.64. The first kappa shape index (κ1) is 15.6. The average Bonchev–Trinajstić information content (AvgIpc) is 2.39. The lowest BCUT2D eigenvalue weighted by atomic mass is 9.86. The van der Waals surface area contributed by atoms with E-state index < -0.39 is 0 Å². The fraction of sp³-hybridized carbons (Fsp3) is 0.368. The van der Waals surface area contributed by atoms with Crippen LogP contribution < -0.4 is 10.5 Å². The summed E-state index contributed by atoms with van der Waals surface area (Å²) in [6.45, 7) is 11.3. The fourth-order valence-electron chi connectivity index (χ4n) is 2.41. The second-order valence-corrected chi connectivity index (χ2v) is 6.66. The molecule has 2 heteroatoms. The van der Waals surface area contributed by atoms with Gasteiger partial charge >= 0.3 is 0 Å². The zero-order valence-corrected chi connectivity index (χ0v) is 13.7.